The minimum atomic E-state index is 0.771. The van der Waals surface area contributed by atoms with Crippen LogP contribution in [-0.4, -0.2) is 14.8 Å². The molecule has 0 saturated carbocycles. The molecule has 0 atom stereocenters. The van der Waals surface area contributed by atoms with E-state index in [0.717, 1.165) is 28.5 Å². The van der Waals surface area contributed by atoms with Gasteiger partial charge in [0, 0.05) is 36.1 Å². The summed E-state index contributed by atoms with van der Waals surface area (Å²) in [6, 6.07) is 10.3. The molecule has 1 N–H and O–H groups in total. The van der Waals surface area contributed by atoms with Gasteiger partial charge in [-0.2, -0.15) is 5.10 Å². The molecule has 0 aliphatic rings. The lowest BCUT2D eigenvalue weighted by Crippen LogP contribution is -2.05. The first-order chi connectivity index (χ1) is 9.33. The number of anilines is 1. The first kappa shape index (κ1) is 11.9. The monoisotopic (exact) mass is 270 g/mol. The van der Waals surface area contributed by atoms with Gasteiger partial charge in [-0.15, -0.1) is 11.3 Å². The highest BCUT2D eigenvalue weighted by atomic mass is 32.1. The fourth-order valence-corrected chi connectivity index (χ4v) is 2.51. The Morgan fingerprint density at radius 3 is 2.63 bits per heavy atom. The Kier molecular flexibility index (Phi) is 3.29. The van der Waals surface area contributed by atoms with Crippen molar-refractivity contribution in [3.05, 3.63) is 53.8 Å². The van der Waals surface area contributed by atoms with E-state index in [1.165, 1.54) is 0 Å². The van der Waals surface area contributed by atoms with Crippen LogP contribution in [0.25, 0.3) is 10.6 Å². The molecule has 0 saturated heterocycles. The molecule has 1 aromatic carbocycles. The maximum atomic E-state index is 4.30. The Morgan fingerprint density at radius 1 is 1.16 bits per heavy atom. The van der Waals surface area contributed by atoms with Crippen LogP contribution < -0.4 is 5.32 Å². The molecule has 0 radical (unpaired) electrons. The number of nitrogens with one attached hydrogen (secondary N) is 1. The lowest BCUT2D eigenvalue weighted by molar-refractivity contribution is 0.720. The molecule has 0 spiro atoms. The number of hydrogen-bond acceptors (Lipinski definition) is 4. The quantitative estimate of drug-likeness (QED) is 0.792. The van der Waals surface area contributed by atoms with Gasteiger partial charge in [0.2, 0.25) is 0 Å². The molecule has 19 heavy (non-hydrogen) atoms. The first-order valence-electron chi connectivity index (χ1n) is 6.03. The molecule has 0 unspecified atom stereocenters. The summed E-state index contributed by atoms with van der Waals surface area (Å²) in [4.78, 5) is 4.30. The maximum Gasteiger partial charge on any atom is 0.123 e. The van der Waals surface area contributed by atoms with Gasteiger partial charge in [-0.1, -0.05) is 0 Å². The lowest BCUT2D eigenvalue weighted by Gasteiger charge is -2.07. The molecule has 0 fully saturated rings. The Bertz CT molecular complexity index is 640. The second kappa shape index (κ2) is 5.24. The van der Waals surface area contributed by atoms with E-state index in [1.54, 1.807) is 11.3 Å². The van der Waals surface area contributed by atoms with Gasteiger partial charge in [-0.25, -0.2) is 4.98 Å². The number of aryl methyl sites for hydroxylation is 1. The van der Waals surface area contributed by atoms with E-state index in [4.69, 9.17) is 0 Å². The van der Waals surface area contributed by atoms with Gasteiger partial charge in [0.15, 0.2) is 0 Å². The number of nitrogens with zero attached hydrogens (tertiary/aromatic N) is 3. The molecule has 3 aromatic rings. The van der Waals surface area contributed by atoms with E-state index in [9.17, 15) is 0 Å². The molecular weight excluding hydrogens is 256 g/mol. The highest BCUT2D eigenvalue weighted by Gasteiger charge is 2.01. The van der Waals surface area contributed by atoms with Crippen LogP contribution in [0.5, 0.6) is 0 Å². The number of rotatable bonds is 4. The van der Waals surface area contributed by atoms with Crippen molar-refractivity contribution >= 4 is 17.0 Å². The van der Waals surface area contributed by atoms with Gasteiger partial charge >= 0.3 is 0 Å². The molecule has 5 heteroatoms. The van der Waals surface area contributed by atoms with Crippen molar-refractivity contribution in [3.8, 4) is 10.6 Å². The van der Waals surface area contributed by atoms with Crippen LogP contribution >= 0.6 is 11.3 Å². The topological polar surface area (TPSA) is 42.7 Å². The molecule has 2 aromatic heterocycles. The summed E-state index contributed by atoms with van der Waals surface area (Å²) >= 11 is 1.65. The Labute approximate surface area is 115 Å². The fourth-order valence-electron chi connectivity index (χ4n) is 1.86. The zero-order chi connectivity index (χ0) is 13.1. The van der Waals surface area contributed by atoms with Crippen LogP contribution in [0.15, 0.2) is 48.1 Å². The predicted octanol–water partition coefficient (Wildman–Crippen LogP) is 3.16. The van der Waals surface area contributed by atoms with Crippen LogP contribution in [0.2, 0.25) is 0 Å². The molecule has 96 valence electrons. The Balaban J connectivity index is 1.68. The zero-order valence-corrected chi connectivity index (χ0v) is 11.4. The summed E-state index contributed by atoms with van der Waals surface area (Å²) in [5.74, 6) is 0. The van der Waals surface area contributed by atoms with E-state index in [2.05, 4.69) is 39.7 Å². The van der Waals surface area contributed by atoms with Crippen molar-refractivity contribution in [2.75, 3.05) is 5.32 Å². The predicted molar refractivity (Wildman–Crippen MR) is 78.1 cm³/mol. The maximum absolute atomic E-state index is 4.30. The molecule has 0 amide bonds. The molecule has 0 aliphatic heterocycles. The van der Waals surface area contributed by atoms with Crippen LogP contribution in [0.1, 0.15) is 5.69 Å². The van der Waals surface area contributed by atoms with E-state index in [0.29, 0.717) is 0 Å². The van der Waals surface area contributed by atoms with Crippen molar-refractivity contribution in [1.82, 2.24) is 14.8 Å². The Hall–Kier alpha value is -2.14. The van der Waals surface area contributed by atoms with Crippen molar-refractivity contribution in [2.24, 2.45) is 7.05 Å². The van der Waals surface area contributed by atoms with E-state index >= 15 is 0 Å². The van der Waals surface area contributed by atoms with Gasteiger partial charge in [-0.3, -0.25) is 4.68 Å². The number of benzene rings is 1. The third-order valence-electron chi connectivity index (χ3n) is 2.96. The molecule has 3 rings (SSSR count). The largest absolute Gasteiger partial charge is 0.379 e. The van der Waals surface area contributed by atoms with E-state index in [-0.39, 0.29) is 0 Å². The van der Waals surface area contributed by atoms with Crippen LogP contribution in [0.4, 0.5) is 5.69 Å². The van der Waals surface area contributed by atoms with Crippen LogP contribution in [-0.2, 0) is 13.6 Å². The molecule has 2 heterocycles. The normalized spacial score (nSPS) is 10.6. The summed E-state index contributed by atoms with van der Waals surface area (Å²) in [7, 11) is 1.95. The third-order valence-corrected chi connectivity index (χ3v) is 3.78. The summed E-state index contributed by atoms with van der Waals surface area (Å²) in [6.07, 6.45) is 3.64. The SMILES string of the molecule is Cn1nccc1CNc1ccc(-c2nccs2)cc1. The van der Waals surface area contributed by atoms with Crippen molar-refractivity contribution in [1.29, 1.82) is 0 Å². The molecule has 4 nitrogen and oxygen atoms in total. The summed E-state index contributed by atoms with van der Waals surface area (Å²) in [6.45, 7) is 0.771. The average molecular weight is 270 g/mol. The van der Waals surface area contributed by atoms with E-state index in [1.807, 2.05) is 35.6 Å². The molecule has 0 bridgehead atoms. The van der Waals surface area contributed by atoms with Gasteiger partial charge < -0.3 is 5.32 Å². The zero-order valence-electron chi connectivity index (χ0n) is 10.6. The smallest absolute Gasteiger partial charge is 0.123 e. The van der Waals surface area contributed by atoms with Gasteiger partial charge in [-0.05, 0) is 30.3 Å². The average Bonchev–Trinajstić information content (AvgIpc) is 3.09. The third kappa shape index (κ3) is 2.66. The van der Waals surface area contributed by atoms with E-state index < -0.39 is 0 Å². The number of hydrogen-bond donors (Lipinski definition) is 1. The first-order valence-corrected chi connectivity index (χ1v) is 6.91. The summed E-state index contributed by atoms with van der Waals surface area (Å²) < 4.78 is 1.87. The van der Waals surface area contributed by atoms with Crippen LogP contribution in [0.3, 0.4) is 0 Å². The van der Waals surface area contributed by atoms with Crippen molar-refractivity contribution in [3.63, 3.8) is 0 Å². The second-order valence-electron chi connectivity index (χ2n) is 4.21. The standard InChI is InChI=1S/C14H14N4S/c1-18-13(6-7-17-18)10-16-12-4-2-11(3-5-12)14-15-8-9-19-14/h2-9,16H,10H2,1H3. The molecular formula is C14H14N4S. The van der Waals surface area contributed by atoms with Gasteiger partial charge in [0.05, 0.1) is 12.2 Å². The summed E-state index contributed by atoms with van der Waals surface area (Å²) in [5, 5.41) is 10.6. The van der Waals surface area contributed by atoms with Crippen LogP contribution in [0, 0.1) is 0 Å². The minimum Gasteiger partial charge on any atom is -0.379 e. The highest BCUT2D eigenvalue weighted by molar-refractivity contribution is 7.13. The highest BCUT2D eigenvalue weighted by Crippen LogP contribution is 2.23. The van der Waals surface area contributed by atoms with Crippen molar-refractivity contribution < 1.29 is 0 Å². The number of aromatic nitrogens is 3. The Morgan fingerprint density at radius 2 is 2.00 bits per heavy atom. The fraction of sp³-hybridized carbons (Fsp3) is 0.143. The second-order valence-corrected chi connectivity index (χ2v) is 5.11. The summed E-state index contributed by atoms with van der Waals surface area (Å²) in [5.41, 5.74) is 3.41. The minimum absolute atomic E-state index is 0.771. The van der Waals surface area contributed by atoms with Crippen molar-refractivity contribution in [2.45, 2.75) is 6.54 Å². The lowest BCUT2D eigenvalue weighted by atomic mass is 10.2. The molecule has 0 aliphatic carbocycles. The van der Waals surface area contributed by atoms with Gasteiger partial charge in [0.1, 0.15) is 5.01 Å². The van der Waals surface area contributed by atoms with Gasteiger partial charge in [0.25, 0.3) is 0 Å². The number of thiazole rings is 1.